The number of hydrogen-bond acceptors (Lipinski definition) is 4. The van der Waals surface area contributed by atoms with Crippen LogP contribution in [0.1, 0.15) is 36.7 Å². The first-order valence-corrected chi connectivity index (χ1v) is 10.3. The van der Waals surface area contributed by atoms with E-state index in [1.54, 1.807) is 46.1 Å². The third-order valence-electron chi connectivity index (χ3n) is 3.46. The second-order valence-corrected chi connectivity index (χ2v) is 9.60. The predicted molar refractivity (Wildman–Crippen MR) is 107 cm³/mol. The maximum absolute atomic E-state index is 12.7. The van der Waals surface area contributed by atoms with Gasteiger partial charge in [-0.15, -0.1) is 0 Å². The molecule has 0 spiro atoms. The lowest BCUT2D eigenvalue weighted by atomic mass is 10.1. The molecule has 1 aromatic carbocycles. The van der Waals surface area contributed by atoms with Crippen molar-refractivity contribution in [1.29, 1.82) is 0 Å². The molecule has 6 nitrogen and oxygen atoms in total. The summed E-state index contributed by atoms with van der Waals surface area (Å²) in [4.78, 5) is 18.0. The van der Waals surface area contributed by atoms with Crippen LogP contribution in [-0.4, -0.2) is 36.8 Å². The first-order chi connectivity index (χ1) is 12.4. The molecular formula is C18H21Cl2N3O3S. The van der Waals surface area contributed by atoms with Crippen molar-refractivity contribution in [2.24, 2.45) is 0 Å². The highest BCUT2D eigenvalue weighted by Crippen LogP contribution is 2.24. The molecule has 0 saturated carbocycles. The Labute approximate surface area is 169 Å². The van der Waals surface area contributed by atoms with Crippen LogP contribution in [0.25, 0.3) is 0 Å². The molecule has 0 aliphatic rings. The minimum atomic E-state index is -3.87. The summed E-state index contributed by atoms with van der Waals surface area (Å²) < 4.78 is 27.7. The van der Waals surface area contributed by atoms with Gasteiger partial charge in [-0.05, 0) is 50.6 Å². The average Bonchev–Trinajstić information content (AvgIpc) is 2.54. The SMILES string of the molecule is CN(Cc1ccc(Cl)nc1)C(=O)c1ccc(Cl)c(S(=O)(=O)NC(C)(C)C)c1. The maximum Gasteiger partial charge on any atom is 0.253 e. The van der Waals surface area contributed by atoms with Crippen LogP contribution in [0, 0.1) is 0 Å². The molecular weight excluding hydrogens is 409 g/mol. The summed E-state index contributed by atoms with van der Waals surface area (Å²) >= 11 is 11.8. The summed E-state index contributed by atoms with van der Waals surface area (Å²) in [5.74, 6) is -0.339. The lowest BCUT2D eigenvalue weighted by Gasteiger charge is -2.22. The van der Waals surface area contributed by atoms with Gasteiger partial charge in [-0.25, -0.2) is 18.1 Å². The molecule has 1 N–H and O–H groups in total. The van der Waals surface area contributed by atoms with E-state index in [0.29, 0.717) is 11.7 Å². The summed E-state index contributed by atoms with van der Waals surface area (Å²) in [5.41, 5.74) is 0.338. The van der Waals surface area contributed by atoms with Gasteiger partial charge in [-0.1, -0.05) is 29.3 Å². The number of carbonyl (C=O) groups is 1. The van der Waals surface area contributed by atoms with Crippen molar-refractivity contribution in [2.75, 3.05) is 7.05 Å². The Bertz CT molecular complexity index is 939. The zero-order valence-electron chi connectivity index (χ0n) is 15.5. The van der Waals surface area contributed by atoms with Crippen molar-refractivity contribution in [3.8, 4) is 0 Å². The Kier molecular flexibility index (Phi) is 6.52. The van der Waals surface area contributed by atoms with Gasteiger partial charge in [0, 0.05) is 30.9 Å². The van der Waals surface area contributed by atoms with E-state index in [1.165, 1.54) is 23.1 Å². The number of hydrogen-bond donors (Lipinski definition) is 1. The molecule has 2 rings (SSSR count). The Morgan fingerprint density at radius 2 is 1.85 bits per heavy atom. The van der Waals surface area contributed by atoms with E-state index >= 15 is 0 Å². The standard InChI is InChI=1S/C18H21Cl2N3O3S/c1-18(2,3)22-27(25,26)15-9-13(6-7-14(15)19)17(24)23(4)11-12-5-8-16(20)21-10-12/h5-10,22H,11H2,1-4H3. The highest BCUT2D eigenvalue weighted by atomic mass is 35.5. The number of sulfonamides is 1. The number of carbonyl (C=O) groups excluding carboxylic acids is 1. The van der Waals surface area contributed by atoms with Gasteiger partial charge in [0.2, 0.25) is 10.0 Å². The number of nitrogens with zero attached hydrogens (tertiary/aromatic N) is 2. The minimum absolute atomic E-state index is 0.0489. The maximum atomic E-state index is 12.7. The van der Waals surface area contributed by atoms with Gasteiger partial charge < -0.3 is 4.90 Å². The molecule has 1 amide bonds. The van der Waals surface area contributed by atoms with Crippen LogP contribution in [0.15, 0.2) is 41.4 Å². The van der Waals surface area contributed by atoms with Crippen LogP contribution in [0.5, 0.6) is 0 Å². The molecule has 0 radical (unpaired) electrons. The number of benzene rings is 1. The summed E-state index contributed by atoms with van der Waals surface area (Å²) in [7, 11) is -2.25. The van der Waals surface area contributed by atoms with E-state index in [1.807, 2.05) is 0 Å². The number of amides is 1. The third kappa shape index (κ3) is 5.90. The largest absolute Gasteiger partial charge is 0.337 e. The van der Waals surface area contributed by atoms with Crippen LogP contribution >= 0.6 is 23.2 Å². The highest BCUT2D eigenvalue weighted by Gasteiger charge is 2.26. The fourth-order valence-corrected chi connectivity index (χ4v) is 4.42. The number of halogens is 2. The van der Waals surface area contributed by atoms with Gasteiger partial charge in [0.15, 0.2) is 0 Å². The second-order valence-electron chi connectivity index (χ2n) is 7.15. The fraction of sp³-hybridized carbons (Fsp3) is 0.333. The highest BCUT2D eigenvalue weighted by molar-refractivity contribution is 7.89. The molecule has 146 valence electrons. The lowest BCUT2D eigenvalue weighted by Crippen LogP contribution is -2.40. The molecule has 1 aromatic heterocycles. The van der Waals surface area contributed by atoms with Crippen molar-refractivity contribution >= 4 is 39.1 Å². The van der Waals surface area contributed by atoms with Gasteiger partial charge in [0.1, 0.15) is 10.0 Å². The Morgan fingerprint density at radius 1 is 1.19 bits per heavy atom. The normalized spacial score (nSPS) is 12.1. The van der Waals surface area contributed by atoms with Crippen LogP contribution in [-0.2, 0) is 16.6 Å². The summed E-state index contributed by atoms with van der Waals surface area (Å²) in [6.45, 7) is 5.47. The van der Waals surface area contributed by atoms with E-state index in [-0.39, 0.29) is 21.4 Å². The number of rotatable bonds is 5. The van der Waals surface area contributed by atoms with E-state index < -0.39 is 15.6 Å². The quantitative estimate of drug-likeness (QED) is 0.733. The van der Waals surface area contributed by atoms with Gasteiger partial charge in [-0.3, -0.25) is 4.79 Å². The molecule has 0 bridgehead atoms. The van der Waals surface area contributed by atoms with E-state index in [4.69, 9.17) is 23.2 Å². The number of nitrogens with one attached hydrogen (secondary N) is 1. The van der Waals surface area contributed by atoms with Crippen LogP contribution < -0.4 is 4.72 Å². The van der Waals surface area contributed by atoms with Gasteiger partial charge >= 0.3 is 0 Å². The Balaban J connectivity index is 2.28. The zero-order chi connectivity index (χ0) is 20.4. The minimum Gasteiger partial charge on any atom is -0.337 e. The zero-order valence-corrected chi connectivity index (χ0v) is 17.8. The molecule has 0 unspecified atom stereocenters. The topological polar surface area (TPSA) is 79.4 Å². The first kappa shape index (κ1) is 21.6. The van der Waals surface area contributed by atoms with Crippen molar-refractivity contribution in [3.05, 3.63) is 57.8 Å². The van der Waals surface area contributed by atoms with E-state index in [2.05, 4.69) is 9.71 Å². The smallest absolute Gasteiger partial charge is 0.253 e. The lowest BCUT2D eigenvalue weighted by molar-refractivity contribution is 0.0784. The summed E-state index contributed by atoms with van der Waals surface area (Å²) in [6, 6.07) is 7.60. The fourth-order valence-electron chi connectivity index (χ4n) is 2.37. The average molecular weight is 430 g/mol. The monoisotopic (exact) mass is 429 g/mol. The number of aromatic nitrogens is 1. The molecule has 0 aliphatic heterocycles. The van der Waals surface area contributed by atoms with Gasteiger partial charge in [0.25, 0.3) is 5.91 Å². The van der Waals surface area contributed by atoms with E-state index in [0.717, 1.165) is 5.56 Å². The van der Waals surface area contributed by atoms with Crippen molar-refractivity contribution in [3.63, 3.8) is 0 Å². The van der Waals surface area contributed by atoms with Crippen LogP contribution in [0.3, 0.4) is 0 Å². The molecule has 9 heteroatoms. The molecule has 2 aromatic rings. The summed E-state index contributed by atoms with van der Waals surface area (Å²) in [5, 5.41) is 0.416. The molecule has 0 saturated heterocycles. The van der Waals surface area contributed by atoms with Gasteiger partial charge in [-0.2, -0.15) is 0 Å². The molecule has 0 aliphatic carbocycles. The number of pyridine rings is 1. The Hall–Kier alpha value is -1.67. The Morgan fingerprint density at radius 3 is 2.41 bits per heavy atom. The molecule has 27 heavy (non-hydrogen) atoms. The van der Waals surface area contributed by atoms with Crippen LogP contribution in [0.2, 0.25) is 10.2 Å². The van der Waals surface area contributed by atoms with Crippen LogP contribution in [0.4, 0.5) is 0 Å². The molecule has 0 atom stereocenters. The third-order valence-corrected chi connectivity index (χ3v) is 5.93. The molecule has 1 heterocycles. The van der Waals surface area contributed by atoms with Crippen molar-refractivity contribution < 1.29 is 13.2 Å². The first-order valence-electron chi connectivity index (χ1n) is 8.08. The van der Waals surface area contributed by atoms with Gasteiger partial charge in [0.05, 0.1) is 5.02 Å². The molecule has 0 fully saturated rings. The van der Waals surface area contributed by atoms with Crippen molar-refractivity contribution in [1.82, 2.24) is 14.6 Å². The van der Waals surface area contributed by atoms with E-state index in [9.17, 15) is 13.2 Å². The van der Waals surface area contributed by atoms with Crippen molar-refractivity contribution in [2.45, 2.75) is 37.8 Å². The summed E-state index contributed by atoms with van der Waals surface area (Å²) in [6.07, 6.45) is 1.58. The predicted octanol–water partition coefficient (Wildman–Crippen LogP) is 3.74. The second kappa shape index (κ2) is 8.14.